The number of anilines is 1. The largest absolute Gasteiger partial charge is 0.319 e. The van der Waals surface area contributed by atoms with Crippen LogP contribution in [0.1, 0.15) is 45.7 Å². The fourth-order valence-electron chi connectivity index (χ4n) is 1.78. The van der Waals surface area contributed by atoms with Crippen molar-refractivity contribution in [3.05, 3.63) is 45.2 Å². The summed E-state index contributed by atoms with van der Waals surface area (Å²) in [5.41, 5.74) is 1.69. The fraction of sp³-hybridized carbons (Fsp3) is 0.333. The summed E-state index contributed by atoms with van der Waals surface area (Å²) in [6.45, 7) is 7.65. The van der Waals surface area contributed by atoms with E-state index in [1.165, 1.54) is 17.4 Å². The third-order valence-corrected chi connectivity index (χ3v) is 4.34. The van der Waals surface area contributed by atoms with Crippen LogP contribution in [0.2, 0.25) is 0 Å². The van der Waals surface area contributed by atoms with Crippen molar-refractivity contribution in [2.24, 2.45) is 0 Å². The molecule has 0 aliphatic rings. The molecule has 5 heteroatoms. The zero-order valence-corrected chi connectivity index (χ0v) is 12.8. The van der Waals surface area contributed by atoms with Crippen LogP contribution >= 0.6 is 11.3 Å². The van der Waals surface area contributed by atoms with Gasteiger partial charge in [-0.1, -0.05) is 19.9 Å². The molecule has 1 N–H and O–H groups in total. The zero-order valence-electron chi connectivity index (χ0n) is 12.0. The summed E-state index contributed by atoms with van der Waals surface area (Å²) in [4.78, 5) is 17.1. The van der Waals surface area contributed by atoms with Crippen LogP contribution in [0.15, 0.2) is 18.2 Å². The monoisotopic (exact) mass is 292 g/mol. The second-order valence-corrected chi connectivity index (χ2v) is 6.09. The maximum Gasteiger partial charge on any atom is 0.267 e. The Labute approximate surface area is 121 Å². The van der Waals surface area contributed by atoms with Gasteiger partial charge in [-0.3, -0.25) is 4.79 Å². The van der Waals surface area contributed by atoms with Gasteiger partial charge in [-0.25, -0.2) is 9.37 Å². The molecule has 0 radical (unpaired) electrons. The Morgan fingerprint density at radius 1 is 1.35 bits per heavy atom. The molecular weight excluding hydrogens is 275 g/mol. The van der Waals surface area contributed by atoms with Gasteiger partial charge in [0, 0.05) is 5.92 Å². The molecule has 0 bridgehead atoms. The molecule has 0 aliphatic heterocycles. The summed E-state index contributed by atoms with van der Waals surface area (Å²) in [6.07, 6.45) is 0. The number of hydrogen-bond acceptors (Lipinski definition) is 3. The van der Waals surface area contributed by atoms with Gasteiger partial charge < -0.3 is 5.32 Å². The van der Waals surface area contributed by atoms with Crippen molar-refractivity contribution in [3.63, 3.8) is 0 Å². The molecule has 106 valence electrons. The van der Waals surface area contributed by atoms with Gasteiger partial charge in [0.25, 0.3) is 5.91 Å². The van der Waals surface area contributed by atoms with E-state index in [4.69, 9.17) is 0 Å². The topological polar surface area (TPSA) is 42.0 Å². The van der Waals surface area contributed by atoms with Crippen LogP contribution in [0.3, 0.4) is 0 Å². The van der Waals surface area contributed by atoms with E-state index in [1.807, 2.05) is 13.8 Å². The van der Waals surface area contributed by atoms with Crippen molar-refractivity contribution < 1.29 is 9.18 Å². The summed E-state index contributed by atoms with van der Waals surface area (Å²) in [6, 6.07) is 4.73. The molecule has 1 heterocycles. The lowest BCUT2D eigenvalue weighted by Crippen LogP contribution is -2.12. The number of aromatic nitrogens is 1. The summed E-state index contributed by atoms with van der Waals surface area (Å²) < 4.78 is 13.7. The van der Waals surface area contributed by atoms with Gasteiger partial charge >= 0.3 is 0 Å². The first-order valence-electron chi connectivity index (χ1n) is 6.43. The predicted molar refractivity (Wildman–Crippen MR) is 80.0 cm³/mol. The number of nitrogens with one attached hydrogen (secondary N) is 1. The standard InChI is InChI=1S/C15H17FN2OS/c1-8(2)15-17-10(4)13(20-15)14(19)18-12-6-5-9(3)7-11(12)16/h5-8H,1-4H3,(H,18,19). The minimum Gasteiger partial charge on any atom is -0.319 e. The Kier molecular flexibility index (Phi) is 4.18. The number of aryl methyl sites for hydroxylation is 2. The van der Waals surface area contributed by atoms with Crippen molar-refractivity contribution in [3.8, 4) is 0 Å². The first-order chi connectivity index (χ1) is 9.38. The van der Waals surface area contributed by atoms with Crippen LogP contribution in [-0.2, 0) is 0 Å². The molecule has 0 saturated heterocycles. The highest BCUT2D eigenvalue weighted by atomic mass is 32.1. The molecule has 0 spiro atoms. The number of halogens is 1. The molecule has 0 saturated carbocycles. The number of carbonyl (C=O) groups is 1. The third-order valence-electron chi connectivity index (χ3n) is 2.89. The van der Waals surface area contributed by atoms with E-state index < -0.39 is 5.82 Å². The molecule has 1 aromatic heterocycles. The van der Waals surface area contributed by atoms with Gasteiger partial charge in [-0.05, 0) is 31.5 Å². The van der Waals surface area contributed by atoms with Crippen LogP contribution in [-0.4, -0.2) is 10.9 Å². The van der Waals surface area contributed by atoms with Crippen molar-refractivity contribution in [1.29, 1.82) is 0 Å². The van der Waals surface area contributed by atoms with Gasteiger partial charge in [0.15, 0.2) is 0 Å². The number of hydrogen-bond donors (Lipinski definition) is 1. The molecule has 1 aromatic carbocycles. The molecule has 0 atom stereocenters. The van der Waals surface area contributed by atoms with Crippen LogP contribution in [0.4, 0.5) is 10.1 Å². The highest BCUT2D eigenvalue weighted by Gasteiger charge is 2.17. The summed E-state index contributed by atoms with van der Waals surface area (Å²) >= 11 is 1.36. The van der Waals surface area contributed by atoms with E-state index in [9.17, 15) is 9.18 Å². The third kappa shape index (κ3) is 3.04. The number of thiazole rings is 1. The second-order valence-electron chi connectivity index (χ2n) is 5.06. The first-order valence-corrected chi connectivity index (χ1v) is 7.25. The maximum atomic E-state index is 13.7. The highest BCUT2D eigenvalue weighted by Crippen LogP contribution is 2.26. The number of carbonyl (C=O) groups excluding carboxylic acids is 1. The van der Waals surface area contributed by atoms with Crippen LogP contribution in [0.5, 0.6) is 0 Å². The van der Waals surface area contributed by atoms with E-state index in [1.54, 1.807) is 26.0 Å². The van der Waals surface area contributed by atoms with E-state index in [0.29, 0.717) is 10.6 Å². The molecular formula is C15H17FN2OS. The van der Waals surface area contributed by atoms with Crippen molar-refractivity contribution in [2.75, 3.05) is 5.32 Å². The molecule has 20 heavy (non-hydrogen) atoms. The Morgan fingerprint density at radius 3 is 2.60 bits per heavy atom. The molecule has 0 fully saturated rings. The smallest absolute Gasteiger partial charge is 0.267 e. The first kappa shape index (κ1) is 14.7. The fourth-order valence-corrected chi connectivity index (χ4v) is 2.74. The lowest BCUT2D eigenvalue weighted by Gasteiger charge is -2.06. The van der Waals surface area contributed by atoms with Crippen LogP contribution in [0.25, 0.3) is 0 Å². The summed E-state index contributed by atoms with van der Waals surface area (Å²) in [7, 11) is 0. The van der Waals surface area contributed by atoms with Crippen LogP contribution < -0.4 is 5.32 Å². The minimum absolute atomic E-state index is 0.194. The summed E-state index contributed by atoms with van der Waals surface area (Å²) in [5, 5.41) is 3.52. The summed E-state index contributed by atoms with van der Waals surface area (Å²) in [5.74, 6) is -0.462. The number of nitrogens with zero attached hydrogens (tertiary/aromatic N) is 1. The molecule has 1 amide bonds. The molecule has 0 aliphatic carbocycles. The number of rotatable bonds is 3. The molecule has 3 nitrogen and oxygen atoms in total. The Balaban J connectivity index is 2.24. The molecule has 2 rings (SSSR count). The lowest BCUT2D eigenvalue weighted by atomic mass is 10.2. The van der Waals surface area contributed by atoms with E-state index in [-0.39, 0.29) is 17.5 Å². The second kappa shape index (κ2) is 5.71. The quantitative estimate of drug-likeness (QED) is 0.917. The minimum atomic E-state index is -0.426. The van der Waals surface area contributed by atoms with Crippen LogP contribution in [0, 0.1) is 19.7 Å². The number of benzene rings is 1. The van der Waals surface area contributed by atoms with Gasteiger partial charge in [0.2, 0.25) is 0 Å². The Hall–Kier alpha value is -1.75. The van der Waals surface area contributed by atoms with Crippen molar-refractivity contribution in [1.82, 2.24) is 4.98 Å². The van der Waals surface area contributed by atoms with E-state index in [2.05, 4.69) is 10.3 Å². The SMILES string of the molecule is Cc1ccc(NC(=O)c2sc(C(C)C)nc2C)c(F)c1. The molecule has 0 unspecified atom stereocenters. The average molecular weight is 292 g/mol. The van der Waals surface area contributed by atoms with Gasteiger partial charge in [-0.2, -0.15) is 0 Å². The highest BCUT2D eigenvalue weighted by molar-refractivity contribution is 7.14. The maximum absolute atomic E-state index is 13.7. The molecule has 2 aromatic rings. The van der Waals surface area contributed by atoms with Gasteiger partial charge in [0.05, 0.1) is 16.4 Å². The zero-order chi connectivity index (χ0) is 14.9. The van der Waals surface area contributed by atoms with E-state index in [0.717, 1.165) is 10.6 Å². The number of amides is 1. The van der Waals surface area contributed by atoms with Crippen molar-refractivity contribution >= 4 is 22.9 Å². The van der Waals surface area contributed by atoms with Crippen molar-refractivity contribution in [2.45, 2.75) is 33.6 Å². The Morgan fingerprint density at radius 2 is 2.05 bits per heavy atom. The van der Waals surface area contributed by atoms with E-state index >= 15 is 0 Å². The lowest BCUT2D eigenvalue weighted by molar-refractivity contribution is 0.102. The van der Waals surface area contributed by atoms with Gasteiger partial charge in [-0.15, -0.1) is 11.3 Å². The van der Waals surface area contributed by atoms with Gasteiger partial charge in [0.1, 0.15) is 10.7 Å². The normalized spacial score (nSPS) is 10.9. The Bertz CT molecular complexity index is 649. The predicted octanol–water partition coefficient (Wildman–Crippen LogP) is 4.27. The average Bonchev–Trinajstić information content (AvgIpc) is 2.75.